The molecule has 2 bridgehead atoms. The van der Waals surface area contributed by atoms with Gasteiger partial charge in [-0.05, 0) is 61.7 Å². The van der Waals surface area contributed by atoms with Crippen molar-refractivity contribution in [3.63, 3.8) is 0 Å². The number of hydrogen-bond donors (Lipinski definition) is 0. The van der Waals surface area contributed by atoms with Crippen molar-refractivity contribution in [3.8, 4) is 0 Å². The van der Waals surface area contributed by atoms with Gasteiger partial charge in [0, 0.05) is 5.41 Å². The van der Waals surface area contributed by atoms with Crippen molar-refractivity contribution < 1.29 is 9.53 Å². The molecule has 2 nitrogen and oxygen atoms in total. The fourth-order valence-corrected chi connectivity index (χ4v) is 7.47. The Morgan fingerprint density at radius 1 is 1.05 bits per heavy atom. The van der Waals surface area contributed by atoms with Crippen LogP contribution in [0.4, 0.5) is 0 Å². The highest BCUT2D eigenvalue weighted by atomic mass is 16.5. The Bertz CT molecular complexity index is 436. The Kier molecular flexibility index (Phi) is 3.28. The molecule has 3 saturated carbocycles. The molecule has 5 fully saturated rings. The zero-order valence-corrected chi connectivity index (χ0v) is 14.6. The maximum absolute atomic E-state index is 13.0. The topological polar surface area (TPSA) is 26.3 Å². The maximum Gasteiger partial charge on any atom is 0.312 e. The van der Waals surface area contributed by atoms with E-state index in [4.69, 9.17) is 4.74 Å². The second-order valence-electron chi connectivity index (χ2n) is 8.27. The van der Waals surface area contributed by atoms with Crippen LogP contribution in [0, 0.1) is 27.6 Å². The SMILES string of the molecule is CCC1(CC)C(=O)OCC23CC(C)C(C2)(C3)C1(CC)CC. The molecule has 1 atom stereocenters. The standard InChI is InChI=1S/C19H32O2/c1-6-17(7-2)15(20)21-13-16-10-14(5)18(11-16,12-16)19(17,8-3)9-4/h14H,6-13H2,1-5H3. The average molecular weight is 292 g/mol. The van der Waals surface area contributed by atoms with E-state index in [-0.39, 0.29) is 16.8 Å². The van der Waals surface area contributed by atoms with Crippen LogP contribution in [0.2, 0.25) is 0 Å². The van der Waals surface area contributed by atoms with Crippen molar-refractivity contribution >= 4 is 5.97 Å². The Morgan fingerprint density at radius 2 is 1.62 bits per heavy atom. The van der Waals surface area contributed by atoms with Crippen LogP contribution in [0.5, 0.6) is 0 Å². The highest BCUT2D eigenvalue weighted by Gasteiger charge is 2.77. The molecule has 0 radical (unpaired) electrons. The van der Waals surface area contributed by atoms with Gasteiger partial charge in [0.15, 0.2) is 0 Å². The number of ether oxygens (including phenoxy) is 1. The summed E-state index contributed by atoms with van der Waals surface area (Å²) in [7, 11) is 0. The first-order chi connectivity index (χ1) is 9.91. The molecule has 3 aliphatic carbocycles. The molecule has 0 amide bonds. The van der Waals surface area contributed by atoms with Crippen LogP contribution in [-0.2, 0) is 9.53 Å². The molecule has 0 aromatic rings. The predicted molar refractivity (Wildman–Crippen MR) is 84.9 cm³/mol. The van der Waals surface area contributed by atoms with Crippen LogP contribution in [0.1, 0.15) is 79.6 Å². The van der Waals surface area contributed by atoms with Gasteiger partial charge < -0.3 is 4.74 Å². The zero-order valence-electron chi connectivity index (χ0n) is 14.6. The monoisotopic (exact) mass is 292 g/mol. The van der Waals surface area contributed by atoms with Crippen molar-refractivity contribution in [2.45, 2.75) is 79.6 Å². The first kappa shape index (κ1) is 15.4. The largest absolute Gasteiger partial charge is 0.465 e. The van der Waals surface area contributed by atoms with Gasteiger partial charge in [-0.2, -0.15) is 0 Å². The first-order valence-corrected chi connectivity index (χ1v) is 9.09. The van der Waals surface area contributed by atoms with Crippen LogP contribution in [0.25, 0.3) is 0 Å². The Balaban J connectivity index is 2.21. The Labute approximate surface area is 130 Å². The number of rotatable bonds is 4. The first-order valence-electron chi connectivity index (χ1n) is 9.09. The summed E-state index contributed by atoms with van der Waals surface area (Å²) in [6, 6.07) is 0. The molecule has 2 aliphatic heterocycles. The summed E-state index contributed by atoms with van der Waals surface area (Å²) in [6.45, 7) is 12.2. The van der Waals surface area contributed by atoms with Crippen molar-refractivity contribution in [1.82, 2.24) is 0 Å². The second-order valence-corrected chi connectivity index (χ2v) is 8.27. The van der Waals surface area contributed by atoms with Gasteiger partial charge in [0.05, 0.1) is 12.0 Å². The molecule has 0 aromatic heterocycles. The summed E-state index contributed by atoms with van der Waals surface area (Å²) >= 11 is 0. The Morgan fingerprint density at radius 3 is 2.10 bits per heavy atom. The fourth-order valence-electron chi connectivity index (χ4n) is 7.47. The lowest BCUT2D eigenvalue weighted by Crippen LogP contribution is -2.64. The predicted octanol–water partition coefficient (Wildman–Crippen LogP) is 4.96. The van der Waals surface area contributed by atoms with E-state index < -0.39 is 0 Å². The summed E-state index contributed by atoms with van der Waals surface area (Å²) < 4.78 is 5.92. The highest BCUT2D eigenvalue weighted by molar-refractivity contribution is 5.79. The summed E-state index contributed by atoms with van der Waals surface area (Å²) in [6.07, 6.45) is 7.94. The van der Waals surface area contributed by atoms with E-state index in [9.17, 15) is 4.79 Å². The lowest BCUT2D eigenvalue weighted by atomic mass is 9.38. The van der Waals surface area contributed by atoms with Gasteiger partial charge in [-0.15, -0.1) is 0 Å². The van der Waals surface area contributed by atoms with Crippen molar-refractivity contribution in [2.75, 3.05) is 6.61 Å². The number of carbonyl (C=O) groups excluding carboxylic acids is 1. The highest BCUT2D eigenvalue weighted by Crippen LogP contribution is 2.81. The summed E-state index contributed by atoms with van der Waals surface area (Å²) in [4.78, 5) is 13.0. The molecule has 0 N–H and O–H groups in total. The van der Waals surface area contributed by atoms with Crippen LogP contribution in [-0.4, -0.2) is 12.6 Å². The molecule has 21 heavy (non-hydrogen) atoms. The van der Waals surface area contributed by atoms with E-state index in [2.05, 4.69) is 34.6 Å². The van der Waals surface area contributed by atoms with E-state index >= 15 is 0 Å². The van der Waals surface area contributed by atoms with Gasteiger partial charge >= 0.3 is 5.97 Å². The van der Waals surface area contributed by atoms with E-state index in [0.717, 1.165) is 31.6 Å². The van der Waals surface area contributed by atoms with E-state index in [1.807, 2.05) is 0 Å². The normalized spacial score (nSPS) is 42.7. The van der Waals surface area contributed by atoms with Crippen LogP contribution < -0.4 is 0 Å². The lowest BCUT2D eigenvalue weighted by molar-refractivity contribution is -0.227. The lowest BCUT2D eigenvalue weighted by Gasteiger charge is -2.66. The third-order valence-electron chi connectivity index (χ3n) is 8.25. The molecule has 2 saturated heterocycles. The number of esters is 1. The van der Waals surface area contributed by atoms with Crippen LogP contribution >= 0.6 is 0 Å². The molecule has 120 valence electrons. The van der Waals surface area contributed by atoms with Gasteiger partial charge in [0.1, 0.15) is 0 Å². The fraction of sp³-hybridized carbons (Fsp3) is 0.947. The summed E-state index contributed by atoms with van der Waals surface area (Å²) in [5, 5.41) is 0. The van der Waals surface area contributed by atoms with Gasteiger partial charge in [-0.1, -0.05) is 34.6 Å². The maximum atomic E-state index is 13.0. The molecular weight excluding hydrogens is 260 g/mol. The quantitative estimate of drug-likeness (QED) is 0.684. The van der Waals surface area contributed by atoms with Crippen molar-refractivity contribution in [1.29, 1.82) is 0 Å². The number of carbonyl (C=O) groups is 1. The molecular formula is C19H32O2. The van der Waals surface area contributed by atoms with Crippen LogP contribution in [0.15, 0.2) is 0 Å². The van der Waals surface area contributed by atoms with E-state index in [1.54, 1.807) is 0 Å². The molecule has 2 heterocycles. The minimum atomic E-state index is -0.276. The van der Waals surface area contributed by atoms with E-state index in [0.29, 0.717) is 17.4 Å². The number of hydrogen-bond acceptors (Lipinski definition) is 2. The van der Waals surface area contributed by atoms with Crippen molar-refractivity contribution in [3.05, 3.63) is 0 Å². The van der Waals surface area contributed by atoms with Crippen molar-refractivity contribution in [2.24, 2.45) is 27.6 Å². The van der Waals surface area contributed by atoms with Gasteiger partial charge in [0.2, 0.25) is 0 Å². The second kappa shape index (κ2) is 4.49. The van der Waals surface area contributed by atoms with E-state index in [1.165, 1.54) is 19.3 Å². The minimum Gasteiger partial charge on any atom is -0.465 e. The van der Waals surface area contributed by atoms with Crippen LogP contribution in [0.3, 0.4) is 0 Å². The smallest absolute Gasteiger partial charge is 0.312 e. The van der Waals surface area contributed by atoms with Gasteiger partial charge in [-0.3, -0.25) is 4.79 Å². The summed E-state index contributed by atoms with van der Waals surface area (Å²) in [5.74, 6) is 0.850. The third-order valence-corrected chi connectivity index (χ3v) is 8.25. The molecule has 5 aliphatic rings. The molecule has 0 spiro atoms. The van der Waals surface area contributed by atoms with Gasteiger partial charge in [-0.25, -0.2) is 0 Å². The number of fused-ring (bicyclic) bond motifs is 5. The molecule has 0 aromatic carbocycles. The third kappa shape index (κ3) is 1.43. The molecule has 2 heteroatoms. The molecule has 1 unspecified atom stereocenters. The Hall–Kier alpha value is -0.530. The zero-order chi connectivity index (χ0) is 15.5. The molecule has 5 rings (SSSR count). The average Bonchev–Trinajstić information content (AvgIpc) is 2.90. The summed E-state index contributed by atoms with van der Waals surface area (Å²) in [5.41, 5.74) is 0.572. The van der Waals surface area contributed by atoms with Gasteiger partial charge in [0.25, 0.3) is 0 Å². The minimum absolute atomic E-state index is 0.110.